The molecule has 0 aliphatic carbocycles. The summed E-state index contributed by atoms with van der Waals surface area (Å²) in [6.45, 7) is 9.05. The molecule has 2 N–H and O–H groups in total. The molecule has 3 rings (SSSR count). The van der Waals surface area contributed by atoms with E-state index in [0.29, 0.717) is 44.4 Å². The number of hydrogen-bond donors (Lipinski definition) is 1. The zero-order chi connectivity index (χ0) is 17.8. The van der Waals surface area contributed by atoms with Gasteiger partial charge in [-0.15, -0.1) is 0 Å². The second-order valence-corrected chi connectivity index (χ2v) is 6.80. The summed E-state index contributed by atoms with van der Waals surface area (Å²) in [7, 11) is 0. The maximum Gasteiger partial charge on any atom is 0.409 e. The number of nitrogen functional groups attached to an aromatic ring is 1. The molecule has 25 heavy (non-hydrogen) atoms. The first-order valence-corrected chi connectivity index (χ1v) is 9.12. The summed E-state index contributed by atoms with van der Waals surface area (Å²) in [4.78, 5) is 26.8. The van der Waals surface area contributed by atoms with Crippen molar-refractivity contribution < 1.29 is 9.53 Å². The van der Waals surface area contributed by atoms with Gasteiger partial charge in [0, 0.05) is 39.3 Å². The van der Waals surface area contributed by atoms with Crippen molar-refractivity contribution in [2.75, 3.05) is 61.4 Å². The predicted molar refractivity (Wildman–Crippen MR) is 97.9 cm³/mol. The van der Waals surface area contributed by atoms with E-state index in [0.717, 1.165) is 31.1 Å². The Labute approximate surface area is 148 Å². The molecule has 0 spiro atoms. The number of piperidine rings is 1. The quantitative estimate of drug-likeness (QED) is 0.887. The molecule has 0 aromatic carbocycles. The average Bonchev–Trinajstić information content (AvgIpc) is 2.62. The molecule has 8 nitrogen and oxygen atoms in total. The first-order valence-electron chi connectivity index (χ1n) is 9.12. The van der Waals surface area contributed by atoms with Crippen LogP contribution in [0.5, 0.6) is 0 Å². The van der Waals surface area contributed by atoms with Gasteiger partial charge in [-0.2, -0.15) is 0 Å². The van der Waals surface area contributed by atoms with Crippen molar-refractivity contribution in [3.63, 3.8) is 0 Å². The summed E-state index contributed by atoms with van der Waals surface area (Å²) in [6, 6.07) is 0. The van der Waals surface area contributed by atoms with Gasteiger partial charge in [0.15, 0.2) is 11.6 Å². The number of rotatable bonds is 3. The number of amides is 1. The van der Waals surface area contributed by atoms with Crippen LogP contribution in [0, 0.1) is 5.92 Å². The fourth-order valence-corrected chi connectivity index (χ4v) is 3.58. The van der Waals surface area contributed by atoms with Crippen LogP contribution < -0.4 is 15.5 Å². The summed E-state index contributed by atoms with van der Waals surface area (Å²) in [6.07, 6.45) is 3.76. The average molecular weight is 348 g/mol. The van der Waals surface area contributed by atoms with E-state index in [2.05, 4.69) is 26.7 Å². The highest BCUT2D eigenvalue weighted by Crippen LogP contribution is 2.32. The summed E-state index contributed by atoms with van der Waals surface area (Å²) in [5.41, 5.74) is 7.06. The molecule has 138 valence electrons. The maximum atomic E-state index is 11.8. The van der Waals surface area contributed by atoms with Crippen LogP contribution >= 0.6 is 0 Å². The molecule has 1 aromatic rings. The van der Waals surface area contributed by atoms with Crippen molar-refractivity contribution in [1.82, 2.24) is 14.9 Å². The van der Waals surface area contributed by atoms with Crippen LogP contribution in [0.25, 0.3) is 0 Å². The lowest BCUT2D eigenvalue weighted by Crippen LogP contribution is -2.49. The van der Waals surface area contributed by atoms with Crippen LogP contribution in [-0.2, 0) is 4.74 Å². The Kier molecular flexibility index (Phi) is 5.45. The molecule has 0 bridgehead atoms. The summed E-state index contributed by atoms with van der Waals surface area (Å²) in [5, 5.41) is 0. The van der Waals surface area contributed by atoms with Gasteiger partial charge in [0.25, 0.3) is 0 Å². The zero-order valence-electron chi connectivity index (χ0n) is 15.1. The maximum absolute atomic E-state index is 11.8. The fourth-order valence-electron chi connectivity index (χ4n) is 3.58. The smallest absolute Gasteiger partial charge is 0.409 e. The van der Waals surface area contributed by atoms with Crippen molar-refractivity contribution in [2.24, 2.45) is 5.92 Å². The Morgan fingerprint density at radius 3 is 2.52 bits per heavy atom. The van der Waals surface area contributed by atoms with Crippen LogP contribution in [0.3, 0.4) is 0 Å². The third-order valence-corrected chi connectivity index (χ3v) is 4.90. The van der Waals surface area contributed by atoms with Crippen molar-refractivity contribution in [3.05, 3.63) is 6.33 Å². The van der Waals surface area contributed by atoms with E-state index in [1.807, 2.05) is 6.92 Å². The van der Waals surface area contributed by atoms with Crippen LogP contribution in [0.2, 0.25) is 0 Å². The number of nitrogens with two attached hydrogens (primary N) is 1. The molecule has 1 amide bonds. The molecule has 8 heteroatoms. The molecule has 2 aliphatic heterocycles. The van der Waals surface area contributed by atoms with Crippen molar-refractivity contribution >= 4 is 23.4 Å². The van der Waals surface area contributed by atoms with Gasteiger partial charge in [0.1, 0.15) is 12.0 Å². The molecule has 0 saturated carbocycles. The monoisotopic (exact) mass is 348 g/mol. The Morgan fingerprint density at radius 1 is 1.20 bits per heavy atom. The summed E-state index contributed by atoms with van der Waals surface area (Å²) in [5.74, 6) is 2.26. The van der Waals surface area contributed by atoms with E-state index in [4.69, 9.17) is 10.5 Å². The zero-order valence-corrected chi connectivity index (χ0v) is 15.1. The Hall–Kier alpha value is -2.25. The van der Waals surface area contributed by atoms with Gasteiger partial charge in [-0.1, -0.05) is 6.92 Å². The number of piperazine rings is 1. The lowest BCUT2D eigenvalue weighted by molar-refractivity contribution is 0.105. The van der Waals surface area contributed by atoms with E-state index < -0.39 is 0 Å². The van der Waals surface area contributed by atoms with E-state index in [-0.39, 0.29) is 6.09 Å². The third kappa shape index (κ3) is 3.88. The van der Waals surface area contributed by atoms with E-state index in [9.17, 15) is 4.79 Å². The minimum Gasteiger partial charge on any atom is -0.450 e. The molecule has 1 atom stereocenters. The molecule has 1 aromatic heterocycles. The highest BCUT2D eigenvalue weighted by Gasteiger charge is 2.26. The topological polar surface area (TPSA) is 87.8 Å². The SMILES string of the molecule is CCOC(=O)N1CCN(c2ncnc(N3CCCC(C)C3)c2N)CC1. The fraction of sp³-hybridized carbons (Fsp3) is 0.706. The first kappa shape index (κ1) is 17.6. The van der Waals surface area contributed by atoms with Gasteiger partial charge in [-0.25, -0.2) is 14.8 Å². The number of ether oxygens (including phenoxy) is 1. The number of hydrogen-bond acceptors (Lipinski definition) is 7. The lowest BCUT2D eigenvalue weighted by Gasteiger charge is -2.36. The highest BCUT2D eigenvalue weighted by molar-refractivity contribution is 5.76. The Morgan fingerprint density at radius 2 is 1.88 bits per heavy atom. The molecule has 2 saturated heterocycles. The highest BCUT2D eigenvalue weighted by atomic mass is 16.6. The minimum atomic E-state index is -0.249. The number of aromatic nitrogens is 2. The van der Waals surface area contributed by atoms with Crippen LogP contribution in [0.15, 0.2) is 6.33 Å². The number of carbonyl (C=O) groups is 1. The van der Waals surface area contributed by atoms with Crippen LogP contribution in [0.4, 0.5) is 22.1 Å². The van der Waals surface area contributed by atoms with Crippen molar-refractivity contribution in [1.29, 1.82) is 0 Å². The van der Waals surface area contributed by atoms with Gasteiger partial charge >= 0.3 is 6.09 Å². The number of anilines is 3. The van der Waals surface area contributed by atoms with Crippen LogP contribution in [-0.4, -0.2) is 66.8 Å². The largest absolute Gasteiger partial charge is 0.450 e. The van der Waals surface area contributed by atoms with Gasteiger partial charge in [-0.3, -0.25) is 0 Å². The second kappa shape index (κ2) is 7.76. The van der Waals surface area contributed by atoms with Crippen molar-refractivity contribution in [3.8, 4) is 0 Å². The summed E-state index contributed by atoms with van der Waals surface area (Å²) < 4.78 is 5.07. The molecular weight excluding hydrogens is 320 g/mol. The van der Waals surface area contributed by atoms with Gasteiger partial charge in [0.05, 0.1) is 6.61 Å². The van der Waals surface area contributed by atoms with Gasteiger partial charge in [0.2, 0.25) is 0 Å². The number of carbonyl (C=O) groups excluding carboxylic acids is 1. The normalized spacial score (nSPS) is 21.4. The van der Waals surface area contributed by atoms with Gasteiger partial charge in [-0.05, 0) is 25.7 Å². The standard InChI is InChI=1S/C17H28N6O2/c1-3-25-17(24)22-9-7-21(8-10-22)15-14(18)16(20-12-19-15)23-6-4-5-13(2)11-23/h12-13H,3-11,18H2,1-2H3. The predicted octanol–water partition coefficient (Wildman–Crippen LogP) is 1.57. The second-order valence-electron chi connectivity index (χ2n) is 6.80. The van der Waals surface area contributed by atoms with Crippen molar-refractivity contribution in [2.45, 2.75) is 26.7 Å². The molecule has 2 fully saturated rings. The van der Waals surface area contributed by atoms with E-state index in [1.165, 1.54) is 6.42 Å². The minimum absolute atomic E-state index is 0.249. The van der Waals surface area contributed by atoms with Gasteiger partial charge < -0.3 is 25.2 Å². The lowest BCUT2D eigenvalue weighted by atomic mass is 10.0. The Balaban J connectivity index is 1.69. The molecule has 3 heterocycles. The molecular formula is C17H28N6O2. The van der Waals surface area contributed by atoms with E-state index in [1.54, 1.807) is 11.2 Å². The summed E-state index contributed by atoms with van der Waals surface area (Å²) >= 11 is 0. The first-order chi connectivity index (χ1) is 12.1. The molecule has 0 radical (unpaired) electrons. The number of nitrogens with zero attached hydrogens (tertiary/aromatic N) is 5. The van der Waals surface area contributed by atoms with E-state index >= 15 is 0 Å². The van der Waals surface area contributed by atoms with Crippen LogP contribution in [0.1, 0.15) is 26.7 Å². The molecule has 1 unspecified atom stereocenters. The third-order valence-electron chi connectivity index (χ3n) is 4.90. The molecule has 2 aliphatic rings. The Bertz CT molecular complexity index is 603.